The zero-order valence-electron chi connectivity index (χ0n) is 16.6. The number of nitrogens with two attached hydrogens (primary N) is 1. The van der Waals surface area contributed by atoms with Gasteiger partial charge in [0.15, 0.2) is 11.5 Å². The number of carbonyl (C=O) groups excluding carboxylic acids is 1. The van der Waals surface area contributed by atoms with Crippen LogP contribution in [0.1, 0.15) is 32.3 Å². The van der Waals surface area contributed by atoms with Gasteiger partial charge in [-0.25, -0.2) is 4.79 Å². The first-order valence-corrected chi connectivity index (χ1v) is 9.84. The Kier molecular flexibility index (Phi) is 7.74. The summed E-state index contributed by atoms with van der Waals surface area (Å²) >= 11 is 3.49. The third-order valence-electron chi connectivity index (χ3n) is 4.11. The van der Waals surface area contributed by atoms with Crippen LogP contribution in [0.4, 0.5) is 0 Å². The number of hydrogen-bond acceptors (Lipinski definition) is 7. The van der Waals surface area contributed by atoms with E-state index in [0.717, 1.165) is 0 Å². The largest absolute Gasteiger partial charge is 0.490 e. The lowest BCUT2D eigenvalue weighted by molar-refractivity contribution is -0.139. The molecule has 2 rings (SSSR count). The highest BCUT2D eigenvalue weighted by molar-refractivity contribution is 9.10. The van der Waals surface area contributed by atoms with Crippen molar-refractivity contribution in [1.29, 1.82) is 5.26 Å². The van der Waals surface area contributed by atoms with Crippen LogP contribution in [-0.4, -0.2) is 25.8 Å². The lowest BCUT2D eigenvalue weighted by Crippen LogP contribution is -2.25. The van der Waals surface area contributed by atoms with Gasteiger partial charge in [-0.2, -0.15) is 5.26 Å². The minimum atomic E-state index is -0.767. The van der Waals surface area contributed by atoms with E-state index in [4.69, 9.17) is 24.7 Å². The molecule has 0 saturated heterocycles. The van der Waals surface area contributed by atoms with E-state index in [-0.39, 0.29) is 29.4 Å². The normalized spacial score (nSPS) is 16.0. The maximum atomic E-state index is 12.7. The molecule has 0 aromatic heterocycles. The summed E-state index contributed by atoms with van der Waals surface area (Å²) in [6, 6.07) is 5.54. The second-order valence-corrected chi connectivity index (χ2v) is 6.83. The zero-order chi connectivity index (χ0) is 21.6. The fraction of sp³-hybridized carbons (Fsp3) is 0.333. The minimum Gasteiger partial charge on any atom is -0.490 e. The molecule has 0 fully saturated rings. The maximum Gasteiger partial charge on any atom is 0.338 e. The van der Waals surface area contributed by atoms with E-state index in [9.17, 15) is 10.1 Å². The van der Waals surface area contributed by atoms with Crippen molar-refractivity contribution < 1.29 is 23.7 Å². The lowest BCUT2D eigenvalue weighted by Gasteiger charge is -2.27. The molecule has 29 heavy (non-hydrogen) atoms. The van der Waals surface area contributed by atoms with Crippen LogP contribution in [0.5, 0.6) is 11.5 Å². The summed E-state index contributed by atoms with van der Waals surface area (Å²) in [5, 5.41) is 9.70. The molecule has 8 heteroatoms. The molecule has 0 amide bonds. The number of esters is 1. The standard InChI is InChI=1S/C21H23BrN2O5/c1-5-8-28-19-15(22)9-13(10-16(19)26-6-2)18-14(11-23)20(24)29-12(4)17(18)21(25)27-7-3/h5,9-10,18H,1,6-8,24H2,2-4H3. The summed E-state index contributed by atoms with van der Waals surface area (Å²) in [7, 11) is 0. The van der Waals surface area contributed by atoms with Gasteiger partial charge in [0.1, 0.15) is 24.0 Å². The van der Waals surface area contributed by atoms with Crippen LogP contribution in [0.2, 0.25) is 0 Å². The summed E-state index contributed by atoms with van der Waals surface area (Å²) < 4.78 is 22.7. The van der Waals surface area contributed by atoms with Crippen molar-refractivity contribution >= 4 is 21.9 Å². The highest BCUT2D eigenvalue weighted by Crippen LogP contribution is 2.45. The molecule has 154 valence electrons. The molecule has 2 N–H and O–H groups in total. The fourth-order valence-corrected chi connectivity index (χ4v) is 3.56. The Morgan fingerprint density at radius 1 is 1.38 bits per heavy atom. The molecule has 1 aromatic carbocycles. The number of rotatable bonds is 8. The van der Waals surface area contributed by atoms with E-state index in [1.807, 2.05) is 6.92 Å². The zero-order valence-corrected chi connectivity index (χ0v) is 18.2. The molecule has 1 aliphatic rings. The predicted octanol–water partition coefficient (Wildman–Crippen LogP) is 4.06. The maximum absolute atomic E-state index is 12.7. The Morgan fingerprint density at radius 3 is 2.69 bits per heavy atom. The highest BCUT2D eigenvalue weighted by atomic mass is 79.9. The summed E-state index contributed by atoms with van der Waals surface area (Å²) in [5.41, 5.74) is 6.88. The van der Waals surface area contributed by atoms with Crippen molar-refractivity contribution in [3.8, 4) is 17.6 Å². The number of ether oxygens (including phenoxy) is 4. The SMILES string of the molecule is C=CCOc1c(Br)cc(C2C(C#N)=C(N)OC(C)=C2C(=O)OCC)cc1OCC. The quantitative estimate of drug-likeness (QED) is 0.458. The predicted molar refractivity (Wildman–Crippen MR) is 111 cm³/mol. The molecule has 0 bridgehead atoms. The van der Waals surface area contributed by atoms with Crippen LogP contribution in [0.3, 0.4) is 0 Å². The molecular formula is C21H23BrN2O5. The fourth-order valence-electron chi connectivity index (χ4n) is 2.99. The Balaban J connectivity index is 2.68. The van der Waals surface area contributed by atoms with Gasteiger partial charge in [0.05, 0.1) is 29.2 Å². The molecule has 1 unspecified atom stereocenters. The number of nitriles is 1. The van der Waals surface area contributed by atoms with Gasteiger partial charge in [0.25, 0.3) is 0 Å². The van der Waals surface area contributed by atoms with Gasteiger partial charge >= 0.3 is 5.97 Å². The number of nitrogens with zero attached hydrogens (tertiary/aromatic N) is 1. The molecule has 1 atom stereocenters. The Bertz CT molecular complexity index is 914. The minimum absolute atomic E-state index is 0.0517. The second-order valence-electron chi connectivity index (χ2n) is 5.98. The van der Waals surface area contributed by atoms with Gasteiger partial charge in [-0.1, -0.05) is 12.7 Å². The molecule has 0 spiro atoms. The van der Waals surface area contributed by atoms with Crippen molar-refractivity contribution in [1.82, 2.24) is 0 Å². The van der Waals surface area contributed by atoms with Gasteiger partial charge in [-0.3, -0.25) is 0 Å². The van der Waals surface area contributed by atoms with Crippen molar-refractivity contribution in [3.05, 3.63) is 57.6 Å². The van der Waals surface area contributed by atoms with Crippen LogP contribution in [0.15, 0.2) is 52.0 Å². The number of hydrogen-bond donors (Lipinski definition) is 1. The van der Waals surface area contributed by atoms with Crippen LogP contribution in [-0.2, 0) is 14.3 Å². The summed E-state index contributed by atoms with van der Waals surface area (Å²) in [6.45, 7) is 9.69. The van der Waals surface area contributed by atoms with Crippen molar-refractivity contribution in [3.63, 3.8) is 0 Å². The Labute approximate surface area is 178 Å². The van der Waals surface area contributed by atoms with Crippen molar-refractivity contribution in [2.75, 3.05) is 19.8 Å². The first kappa shape index (κ1) is 22.4. The molecule has 1 aliphatic heterocycles. The number of carbonyl (C=O) groups is 1. The van der Waals surface area contributed by atoms with Crippen molar-refractivity contribution in [2.45, 2.75) is 26.7 Å². The van der Waals surface area contributed by atoms with Crippen LogP contribution >= 0.6 is 15.9 Å². The molecule has 0 radical (unpaired) electrons. The van der Waals surface area contributed by atoms with E-state index >= 15 is 0 Å². The average molecular weight is 463 g/mol. The van der Waals surface area contributed by atoms with Crippen LogP contribution in [0, 0.1) is 11.3 Å². The van der Waals surface area contributed by atoms with Crippen LogP contribution < -0.4 is 15.2 Å². The van der Waals surface area contributed by atoms with E-state index in [0.29, 0.717) is 34.7 Å². The molecule has 0 saturated carbocycles. The topological polar surface area (TPSA) is 104 Å². The highest BCUT2D eigenvalue weighted by Gasteiger charge is 2.37. The summed E-state index contributed by atoms with van der Waals surface area (Å²) in [4.78, 5) is 12.7. The first-order valence-electron chi connectivity index (χ1n) is 9.04. The van der Waals surface area contributed by atoms with E-state index in [1.54, 1.807) is 32.1 Å². The summed E-state index contributed by atoms with van der Waals surface area (Å²) in [5.74, 6) is -0.151. The number of halogens is 1. The second kappa shape index (κ2) is 10.0. The van der Waals surface area contributed by atoms with E-state index in [1.165, 1.54) is 0 Å². The van der Waals surface area contributed by atoms with Crippen molar-refractivity contribution in [2.24, 2.45) is 5.73 Å². The lowest BCUT2D eigenvalue weighted by atomic mass is 9.83. The molecule has 1 aromatic rings. The average Bonchev–Trinajstić information content (AvgIpc) is 2.67. The third kappa shape index (κ3) is 4.74. The van der Waals surface area contributed by atoms with Crippen LogP contribution in [0.25, 0.3) is 0 Å². The molecule has 7 nitrogen and oxygen atoms in total. The van der Waals surface area contributed by atoms with E-state index < -0.39 is 11.9 Å². The number of allylic oxidation sites excluding steroid dienone is 2. The van der Waals surface area contributed by atoms with E-state index in [2.05, 4.69) is 28.6 Å². The number of benzene rings is 1. The van der Waals surface area contributed by atoms with Gasteiger partial charge < -0.3 is 24.7 Å². The first-order chi connectivity index (χ1) is 13.9. The monoisotopic (exact) mass is 462 g/mol. The molecular weight excluding hydrogens is 440 g/mol. The van der Waals surface area contributed by atoms with Gasteiger partial charge in [0.2, 0.25) is 5.88 Å². The third-order valence-corrected chi connectivity index (χ3v) is 4.70. The Morgan fingerprint density at radius 2 is 2.10 bits per heavy atom. The summed E-state index contributed by atoms with van der Waals surface area (Å²) in [6.07, 6.45) is 1.62. The molecule has 1 heterocycles. The Hall–Kier alpha value is -2.92. The van der Waals surface area contributed by atoms with Gasteiger partial charge in [-0.05, 0) is 54.4 Å². The van der Waals surface area contributed by atoms with Gasteiger partial charge in [-0.15, -0.1) is 0 Å². The van der Waals surface area contributed by atoms with Gasteiger partial charge in [0, 0.05) is 0 Å². The smallest absolute Gasteiger partial charge is 0.338 e. The molecule has 0 aliphatic carbocycles.